The molecule has 1 aliphatic heterocycles. The van der Waals surface area contributed by atoms with Crippen molar-refractivity contribution in [3.63, 3.8) is 0 Å². The molecule has 2 aromatic carbocycles. The van der Waals surface area contributed by atoms with Gasteiger partial charge in [0.15, 0.2) is 17.2 Å². The first-order chi connectivity index (χ1) is 13.0. The molecule has 1 saturated heterocycles. The number of ether oxygens (including phenoxy) is 1. The average molecular weight is 405 g/mol. The van der Waals surface area contributed by atoms with Crippen molar-refractivity contribution in [2.24, 2.45) is 0 Å². The molecule has 0 bridgehead atoms. The van der Waals surface area contributed by atoms with Gasteiger partial charge in [0.2, 0.25) is 5.25 Å². The molecule has 0 aliphatic carbocycles. The number of aliphatic hydroxyl groups excluding tert-OH is 1. The van der Waals surface area contributed by atoms with Gasteiger partial charge < -0.3 is 20.1 Å². The number of ketones is 2. The number of aliphatic hydroxyl groups is 3. The SMILES string of the molecule is Cc1ccc(C(=O)C(O)[C@H]2OC(O)(Cl)C[C@@]2(O)C(=O)c2ccc(C)cc2)cc1. The van der Waals surface area contributed by atoms with Gasteiger partial charge in [-0.15, -0.1) is 0 Å². The van der Waals surface area contributed by atoms with E-state index in [0.717, 1.165) is 11.1 Å². The number of rotatable bonds is 5. The maximum Gasteiger partial charge on any atom is 0.249 e. The smallest absolute Gasteiger partial charge is 0.249 e. The van der Waals surface area contributed by atoms with Crippen LogP contribution in [-0.4, -0.2) is 49.9 Å². The number of hydrogen-bond acceptors (Lipinski definition) is 6. The summed E-state index contributed by atoms with van der Waals surface area (Å²) in [5.74, 6) is -1.56. The van der Waals surface area contributed by atoms with Crippen molar-refractivity contribution < 1.29 is 29.6 Å². The van der Waals surface area contributed by atoms with Crippen LogP contribution in [0.15, 0.2) is 48.5 Å². The number of halogens is 1. The highest BCUT2D eigenvalue weighted by molar-refractivity contribution is 6.22. The van der Waals surface area contributed by atoms with Crippen LogP contribution in [0.25, 0.3) is 0 Å². The quantitative estimate of drug-likeness (QED) is 0.521. The molecule has 0 spiro atoms. The van der Waals surface area contributed by atoms with E-state index in [1.807, 2.05) is 13.8 Å². The van der Waals surface area contributed by atoms with Crippen LogP contribution in [0.1, 0.15) is 38.3 Å². The molecule has 0 amide bonds. The standard InChI is InChI=1S/C21H21ClO6/c1-12-3-7-14(8-4-12)16(23)17(24)19-20(26,11-21(22,27)28-19)18(25)15-9-5-13(2)6-10-15/h3-10,17,19,24,26-27H,11H2,1-2H3/t17?,19-,20-,21?/m1/s1. The lowest BCUT2D eigenvalue weighted by Crippen LogP contribution is -2.53. The van der Waals surface area contributed by atoms with Crippen molar-refractivity contribution in [2.45, 2.75) is 43.3 Å². The summed E-state index contributed by atoms with van der Waals surface area (Å²) in [6, 6.07) is 12.8. The Balaban J connectivity index is 1.94. The number of carbonyl (C=O) groups excluding carboxylic acids is 2. The molecule has 1 aliphatic rings. The predicted octanol–water partition coefficient (Wildman–Crippen LogP) is 2.13. The zero-order valence-electron chi connectivity index (χ0n) is 15.4. The van der Waals surface area contributed by atoms with Crippen molar-refractivity contribution >= 4 is 23.2 Å². The highest BCUT2D eigenvalue weighted by Gasteiger charge is 2.61. The molecule has 3 N–H and O–H groups in total. The van der Waals surface area contributed by atoms with Crippen molar-refractivity contribution in [1.82, 2.24) is 0 Å². The molecule has 2 aromatic rings. The Morgan fingerprint density at radius 3 is 1.96 bits per heavy atom. The fraction of sp³-hybridized carbons (Fsp3) is 0.333. The summed E-state index contributed by atoms with van der Waals surface area (Å²) in [5.41, 5.74) is -0.232. The predicted molar refractivity (Wildman–Crippen MR) is 102 cm³/mol. The largest absolute Gasteiger partial charge is 0.382 e. The van der Waals surface area contributed by atoms with Crippen molar-refractivity contribution in [3.8, 4) is 0 Å². The van der Waals surface area contributed by atoms with E-state index >= 15 is 0 Å². The van der Waals surface area contributed by atoms with Crippen molar-refractivity contribution in [3.05, 3.63) is 70.8 Å². The molecule has 2 unspecified atom stereocenters. The van der Waals surface area contributed by atoms with Gasteiger partial charge in [-0.3, -0.25) is 9.59 Å². The number of hydrogen-bond donors (Lipinski definition) is 3. The van der Waals surface area contributed by atoms with Crippen molar-refractivity contribution in [2.75, 3.05) is 0 Å². The Hall–Kier alpha value is -2.09. The number of aryl methyl sites for hydroxylation is 2. The van der Waals surface area contributed by atoms with Gasteiger partial charge in [-0.2, -0.15) is 0 Å². The Bertz CT molecular complexity index is 890. The first-order valence-electron chi connectivity index (χ1n) is 8.75. The Kier molecular flexibility index (Phi) is 5.44. The normalized spacial score (nSPS) is 28.1. The molecular formula is C21H21ClO6. The molecule has 0 saturated carbocycles. The van der Waals surface area contributed by atoms with Crippen LogP contribution in [0.5, 0.6) is 0 Å². The molecule has 28 heavy (non-hydrogen) atoms. The number of benzene rings is 2. The average Bonchev–Trinajstić information content (AvgIpc) is 2.91. The highest BCUT2D eigenvalue weighted by atomic mass is 35.5. The molecule has 7 heteroatoms. The summed E-state index contributed by atoms with van der Waals surface area (Å²) < 4.78 is 5.14. The first kappa shape index (κ1) is 20.6. The van der Waals surface area contributed by atoms with Crippen molar-refractivity contribution in [1.29, 1.82) is 0 Å². The van der Waals surface area contributed by atoms with Gasteiger partial charge in [0.05, 0.1) is 6.42 Å². The third-order valence-corrected chi connectivity index (χ3v) is 5.09. The van der Waals surface area contributed by atoms with Gasteiger partial charge in [0, 0.05) is 11.1 Å². The van der Waals surface area contributed by atoms with Gasteiger partial charge in [0.25, 0.3) is 0 Å². The number of Topliss-reactive ketones (excluding diaryl/α,β-unsaturated/α-hetero) is 2. The van der Waals surface area contributed by atoms with Gasteiger partial charge in [-0.25, -0.2) is 0 Å². The Labute approximate surface area is 167 Å². The maximum absolute atomic E-state index is 13.0. The van der Waals surface area contributed by atoms with Crippen LogP contribution >= 0.6 is 11.6 Å². The Morgan fingerprint density at radius 2 is 1.46 bits per heavy atom. The summed E-state index contributed by atoms with van der Waals surface area (Å²) in [7, 11) is 0. The summed E-state index contributed by atoms with van der Waals surface area (Å²) in [6.07, 6.45) is -4.34. The molecule has 148 valence electrons. The number of carbonyl (C=O) groups is 2. The van der Waals surface area contributed by atoms with Crippen LogP contribution in [-0.2, 0) is 4.74 Å². The molecular weight excluding hydrogens is 384 g/mol. The summed E-state index contributed by atoms with van der Waals surface area (Å²) in [6.45, 7) is 3.68. The van der Waals surface area contributed by atoms with Crippen LogP contribution < -0.4 is 0 Å². The van der Waals surface area contributed by atoms with Crippen LogP contribution in [0.4, 0.5) is 0 Å². The van der Waals surface area contributed by atoms with E-state index in [4.69, 9.17) is 16.3 Å². The first-order valence-corrected chi connectivity index (χ1v) is 9.13. The molecule has 4 atom stereocenters. The third-order valence-electron chi connectivity index (χ3n) is 4.86. The Morgan fingerprint density at radius 1 is 1.00 bits per heavy atom. The summed E-state index contributed by atoms with van der Waals surface area (Å²) in [4.78, 5) is 25.6. The van der Waals surface area contributed by atoms with E-state index in [-0.39, 0.29) is 11.1 Å². The van der Waals surface area contributed by atoms with Gasteiger partial charge in [-0.05, 0) is 13.8 Å². The topological polar surface area (TPSA) is 104 Å². The van der Waals surface area contributed by atoms with Crippen LogP contribution in [0, 0.1) is 13.8 Å². The van der Waals surface area contributed by atoms with Crippen LogP contribution in [0.2, 0.25) is 0 Å². The monoisotopic (exact) mass is 404 g/mol. The molecule has 6 nitrogen and oxygen atoms in total. The van der Waals surface area contributed by atoms with Crippen LogP contribution in [0.3, 0.4) is 0 Å². The highest BCUT2D eigenvalue weighted by Crippen LogP contribution is 2.43. The number of alkyl halides is 1. The second-order valence-electron chi connectivity index (χ2n) is 7.20. The van der Waals surface area contributed by atoms with E-state index in [1.165, 1.54) is 24.3 Å². The minimum absolute atomic E-state index is 0.144. The summed E-state index contributed by atoms with van der Waals surface area (Å²) >= 11 is 5.82. The lowest BCUT2D eigenvalue weighted by atomic mass is 9.82. The lowest BCUT2D eigenvalue weighted by molar-refractivity contribution is -0.154. The van der Waals surface area contributed by atoms with E-state index < -0.39 is 41.0 Å². The minimum Gasteiger partial charge on any atom is -0.382 e. The summed E-state index contributed by atoms with van der Waals surface area (Å²) in [5, 5.41) is 29.3. The van der Waals surface area contributed by atoms with E-state index in [9.17, 15) is 24.9 Å². The van der Waals surface area contributed by atoms with E-state index in [2.05, 4.69) is 0 Å². The minimum atomic E-state index is -2.39. The second kappa shape index (κ2) is 7.39. The second-order valence-corrected chi connectivity index (χ2v) is 7.79. The third kappa shape index (κ3) is 3.87. The van der Waals surface area contributed by atoms with Gasteiger partial charge in [-0.1, -0.05) is 71.3 Å². The molecule has 1 fully saturated rings. The molecule has 0 aromatic heterocycles. The van der Waals surface area contributed by atoms with E-state index in [0.29, 0.717) is 0 Å². The molecule has 1 heterocycles. The lowest BCUT2D eigenvalue weighted by Gasteiger charge is -2.29. The zero-order chi connectivity index (χ0) is 20.7. The maximum atomic E-state index is 13.0. The van der Waals surface area contributed by atoms with Gasteiger partial charge >= 0.3 is 0 Å². The fourth-order valence-electron chi connectivity index (χ4n) is 3.28. The fourth-order valence-corrected chi connectivity index (χ4v) is 3.58. The van der Waals surface area contributed by atoms with Gasteiger partial charge in [0.1, 0.15) is 12.2 Å². The zero-order valence-corrected chi connectivity index (χ0v) is 16.2. The molecule has 0 radical (unpaired) electrons. The van der Waals surface area contributed by atoms with E-state index in [1.54, 1.807) is 24.3 Å². The molecule has 3 rings (SSSR count).